The maximum absolute atomic E-state index is 6.35. The van der Waals surface area contributed by atoms with Gasteiger partial charge in [0.15, 0.2) is 0 Å². The Morgan fingerprint density at radius 1 is 1.00 bits per heavy atom. The van der Waals surface area contributed by atoms with Gasteiger partial charge >= 0.3 is 0 Å². The highest BCUT2D eigenvalue weighted by atomic mass is 15.1. The predicted octanol–water partition coefficient (Wildman–Crippen LogP) is 3.44. The number of hydrogen-bond donors (Lipinski definition) is 1. The number of nitrogens with two attached hydrogens (primary N) is 1. The van der Waals surface area contributed by atoms with Gasteiger partial charge in [-0.2, -0.15) is 0 Å². The van der Waals surface area contributed by atoms with Crippen molar-refractivity contribution in [3.8, 4) is 0 Å². The molecule has 0 radical (unpaired) electrons. The Bertz CT molecular complexity index is 528. The minimum atomic E-state index is 0.0577. The topological polar surface area (TPSA) is 29.3 Å². The molecule has 2 rings (SSSR count). The van der Waals surface area contributed by atoms with Crippen molar-refractivity contribution in [2.24, 2.45) is 5.73 Å². The molecular formula is C18H24N2. The van der Waals surface area contributed by atoms with Gasteiger partial charge in [-0.25, -0.2) is 0 Å². The van der Waals surface area contributed by atoms with Gasteiger partial charge < -0.3 is 10.6 Å². The quantitative estimate of drug-likeness (QED) is 0.900. The van der Waals surface area contributed by atoms with Crippen LogP contribution in [-0.2, 0) is 6.54 Å². The molecule has 2 aromatic carbocycles. The SMILES string of the molecule is Cc1cc(C)cc(C(N)CN(C)Cc2ccccc2)c1. The van der Waals surface area contributed by atoms with Crippen LogP contribution in [0.4, 0.5) is 0 Å². The molecule has 2 aromatic rings. The first-order valence-corrected chi connectivity index (χ1v) is 7.11. The van der Waals surface area contributed by atoms with Crippen molar-refractivity contribution >= 4 is 0 Å². The average Bonchev–Trinajstić information content (AvgIpc) is 2.38. The summed E-state index contributed by atoms with van der Waals surface area (Å²) >= 11 is 0. The van der Waals surface area contributed by atoms with Gasteiger partial charge in [-0.15, -0.1) is 0 Å². The number of benzene rings is 2. The molecule has 0 aromatic heterocycles. The van der Waals surface area contributed by atoms with Gasteiger partial charge in [0.05, 0.1) is 0 Å². The smallest absolute Gasteiger partial charge is 0.0424 e. The number of nitrogens with zero attached hydrogens (tertiary/aromatic N) is 1. The van der Waals surface area contributed by atoms with Gasteiger partial charge in [0.2, 0.25) is 0 Å². The minimum Gasteiger partial charge on any atom is -0.323 e. The predicted molar refractivity (Wildman–Crippen MR) is 85.6 cm³/mol. The van der Waals surface area contributed by atoms with Crippen molar-refractivity contribution in [3.05, 3.63) is 70.8 Å². The van der Waals surface area contributed by atoms with E-state index in [1.807, 2.05) is 6.07 Å². The lowest BCUT2D eigenvalue weighted by Gasteiger charge is -2.22. The second-order valence-corrected chi connectivity index (χ2v) is 5.71. The highest BCUT2D eigenvalue weighted by molar-refractivity contribution is 5.30. The summed E-state index contributed by atoms with van der Waals surface area (Å²) in [6, 6.07) is 17.1. The van der Waals surface area contributed by atoms with E-state index in [9.17, 15) is 0 Å². The maximum Gasteiger partial charge on any atom is 0.0424 e. The Morgan fingerprint density at radius 3 is 2.20 bits per heavy atom. The van der Waals surface area contributed by atoms with Crippen LogP contribution in [0.3, 0.4) is 0 Å². The summed E-state index contributed by atoms with van der Waals surface area (Å²) in [6.45, 7) is 6.03. The number of likely N-dealkylation sites (N-methyl/N-ethyl adjacent to an activating group) is 1. The van der Waals surface area contributed by atoms with E-state index in [2.05, 4.69) is 68.3 Å². The molecule has 0 amide bonds. The van der Waals surface area contributed by atoms with E-state index in [1.165, 1.54) is 22.3 Å². The maximum atomic E-state index is 6.35. The first-order valence-electron chi connectivity index (χ1n) is 7.11. The first-order chi connectivity index (χ1) is 9.54. The lowest BCUT2D eigenvalue weighted by Crippen LogP contribution is -2.28. The standard InChI is InChI=1S/C18H24N2/c1-14-9-15(2)11-17(10-14)18(19)13-20(3)12-16-7-5-4-6-8-16/h4-11,18H,12-13,19H2,1-3H3. The Balaban J connectivity index is 1.98. The van der Waals surface area contributed by atoms with Gasteiger partial charge in [0.1, 0.15) is 0 Å². The van der Waals surface area contributed by atoms with Gasteiger partial charge in [-0.05, 0) is 32.0 Å². The second-order valence-electron chi connectivity index (χ2n) is 5.71. The normalized spacial score (nSPS) is 12.7. The minimum absolute atomic E-state index is 0.0577. The van der Waals surface area contributed by atoms with Crippen LogP contribution in [0.5, 0.6) is 0 Å². The zero-order valence-corrected chi connectivity index (χ0v) is 12.6. The molecule has 0 aliphatic carbocycles. The molecule has 1 atom stereocenters. The monoisotopic (exact) mass is 268 g/mol. The summed E-state index contributed by atoms with van der Waals surface area (Å²) in [4.78, 5) is 2.28. The van der Waals surface area contributed by atoms with Gasteiger partial charge in [-0.1, -0.05) is 59.7 Å². The Kier molecular flexibility index (Phi) is 4.94. The van der Waals surface area contributed by atoms with Gasteiger partial charge in [0, 0.05) is 19.1 Å². The summed E-state index contributed by atoms with van der Waals surface area (Å²) in [5, 5.41) is 0. The van der Waals surface area contributed by atoms with Crippen LogP contribution in [0.2, 0.25) is 0 Å². The highest BCUT2D eigenvalue weighted by Gasteiger charge is 2.10. The Morgan fingerprint density at radius 2 is 1.60 bits per heavy atom. The molecule has 0 bridgehead atoms. The molecule has 0 saturated carbocycles. The van der Waals surface area contributed by atoms with E-state index in [0.717, 1.165) is 13.1 Å². The molecule has 106 valence electrons. The van der Waals surface area contributed by atoms with Crippen LogP contribution >= 0.6 is 0 Å². The van der Waals surface area contributed by atoms with Crippen LogP contribution in [0.1, 0.15) is 28.3 Å². The molecule has 0 heterocycles. The van der Waals surface area contributed by atoms with Crippen LogP contribution in [-0.4, -0.2) is 18.5 Å². The molecular weight excluding hydrogens is 244 g/mol. The van der Waals surface area contributed by atoms with Gasteiger partial charge in [-0.3, -0.25) is 0 Å². The summed E-state index contributed by atoms with van der Waals surface area (Å²) in [7, 11) is 2.12. The molecule has 2 nitrogen and oxygen atoms in total. The summed E-state index contributed by atoms with van der Waals surface area (Å²) in [5.74, 6) is 0. The van der Waals surface area contributed by atoms with Crippen molar-refractivity contribution in [2.45, 2.75) is 26.4 Å². The largest absolute Gasteiger partial charge is 0.323 e. The average molecular weight is 268 g/mol. The van der Waals surface area contributed by atoms with Crippen molar-refractivity contribution in [3.63, 3.8) is 0 Å². The van der Waals surface area contributed by atoms with E-state index < -0.39 is 0 Å². The molecule has 0 saturated heterocycles. The first kappa shape index (κ1) is 14.8. The fourth-order valence-corrected chi connectivity index (χ4v) is 2.62. The lowest BCUT2D eigenvalue weighted by molar-refractivity contribution is 0.305. The number of aryl methyl sites for hydroxylation is 2. The lowest BCUT2D eigenvalue weighted by atomic mass is 10.0. The second kappa shape index (κ2) is 6.69. The molecule has 2 heteroatoms. The Labute approximate surface area is 122 Å². The molecule has 20 heavy (non-hydrogen) atoms. The molecule has 2 N–H and O–H groups in total. The van der Waals surface area contributed by atoms with Gasteiger partial charge in [0.25, 0.3) is 0 Å². The molecule has 0 aliphatic heterocycles. The summed E-state index contributed by atoms with van der Waals surface area (Å²) in [6.07, 6.45) is 0. The third kappa shape index (κ3) is 4.19. The van der Waals surface area contributed by atoms with E-state index in [-0.39, 0.29) is 6.04 Å². The number of rotatable bonds is 5. The molecule has 1 unspecified atom stereocenters. The van der Waals surface area contributed by atoms with Crippen molar-refractivity contribution in [2.75, 3.05) is 13.6 Å². The molecule has 0 aliphatic rings. The summed E-state index contributed by atoms with van der Waals surface area (Å²) < 4.78 is 0. The van der Waals surface area contributed by atoms with Crippen molar-refractivity contribution in [1.82, 2.24) is 4.90 Å². The zero-order valence-electron chi connectivity index (χ0n) is 12.6. The van der Waals surface area contributed by atoms with E-state index in [0.29, 0.717) is 0 Å². The van der Waals surface area contributed by atoms with E-state index in [4.69, 9.17) is 5.73 Å². The third-order valence-corrected chi connectivity index (χ3v) is 3.48. The van der Waals surface area contributed by atoms with Crippen molar-refractivity contribution in [1.29, 1.82) is 0 Å². The highest BCUT2D eigenvalue weighted by Crippen LogP contribution is 2.16. The Hall–Kier alpha value is -1.64. The van der Waals surface area contributed by atoms with Crippen LogP contribution in [0, 0.1) is 13.8 Å². The third-order valence-electron chi connectivity index (χ3n) is 3.48. The molecule has 0 spiro atoms. The van der Waals surface area contributed by atoms with E-state index in [1.54, 1.807) is 0 Å². The van der Waals surface area contributed by atoms with Crippen LogP contribution in [0.25, 0.3) is 0 Å². The zero-order chi connectivity index (χ0) is 14.5. The van der Waals surface area contributed by atoms with E-state index >= 15 is 0 Å². The van der Waals surface area contributed by atoms with Crippen molar-refractivity contribution < 1.29 is 0 Å². The fourth-order valence-electron chi connectivity index (χ4n) is 2.62. The molecule has 0 fully saturated rings. The van der Waals surface area contributed by atoms with Crippen LogP contribution < -0.4 is 5.73 Å². The fraction of sp³-hybridized carbons (Fsp3) is 0.333. The number of hydrogen-bond acceptors (Lipinski definition) is 2. The summed E-state index contributed by atoms with van der Waals surface area (Å²) in [5.41, 5.74) is 11.4. The van der Waals surface area contributed by atoms with Crippen LogP contribution in [0.15, 0.2) is 48.5 Å².